The number of H-pyrrole nitrogens is 1. The molecule has 0 radical (unpaired) electrons. The molecule has 23 heavy (non-hydrogen) atoms. The van der Waals surface area contributed by atoms with E-state index in [0.717, 1.165) is 30.8 Å². The Morgan fingerprint density at radius 2 is 1.96 bits per heavy atom. The van der Waals surface area contributed by atoms with Crippen LogP contribution in [0.25, 0.3) is 0 Å². The number of rotatable bonds is 3. The summed E-state index contributed by atoms with van der Waals surface area (Å²) in [5, 5.41) is 16.2. The maximum absolute atomic E-state index is 12.6. The molecule has 6 nitrogen and oxygen atoms in total. The molecule has 120 valence electrons. The average molecular weight is 313 g/mol. The molecule has 1 amide bonds. The molecule has 2 N–H and O–H groups in total. The predicted octanol–water partition coefficient (Wildman–Crippen LogP) is 2.44. The molecule has 0 aliphatic carbocycles. The fourth-order valence-electron chi connectivity index (χ4n) is 2.99. The molecular weight excluding hydrogens is 294 g/mol. The van der Waals surface area contributed by atoms with Crippen LogP contribution in [0.2, 0.25) is 0 Å². The quantitative estimate of drug-likeness (QED) is 0.911. The highest BCUT2D eigenvalue weighted by Gasteiger charge is 2.26. The van der Waals surface area contributed by atoms with E-state index < -0.39 is 5.97 Å². The first kappa shape index (κ1) is 15.3. The van der Waals surface area contributed by atoms with Gasteiger partial charge in [0.1, 0.15) is 0 Å². The van der Waals surface area contributed by atoms with Crippen LogP contribution >= 0.6 is 0 Å². The number of hydrogen-bond donors (Lipinski definition) is 2. The summed E-state index contributed by atoms with van der Waals surface area (Å²) >= 11 is 0. The number of benzene rings is 1. The minimum Gasteiger partial charge on any atom is -0.478 e. The number of aromatic carboxylic acids is 1. The number of hydrogen-bond acceptors (Lipinski definition) is 3. The number of nitrogens with zero attached hydrogens (tertiary/aromatic N) is 2. The largest absolute Gasteiger partial charge is 0.478 e. The van der Waals surface area contributed by atoms with Gasteiger partial charge in [0.2, 0.25) is 0 Å². The summed E-state index contributed by atoms with van der Waals surface area (Å²) in [5.74, 6) is -0.800. The van der Waals surface area contributed by atoms with Crippen LogP contribution in [0.3, 0.4) is 0 Å². The SMILES string of the molecule is Cc1cc(C2CCCN(C(=O)c3ccc(C(=O)O)cc3)C2)n[nH]1. The van der Waals surface area contributed by atoms with Crippen molar-refractivity contribution in [2.75, 3.05) is 13.1 Å². The number of likely N-dealkylation sites (tertiary alicyclic amines) is 1. The molecule has 1 aromatic carbocycles. The van der Waals surface area contributed by atoms with Crippen LogP contribution in [0.1, 0.15) is 50.9 Å². The van der Waals surface area contributed by atoms with Crippen molar-refractivity contribution in [2.45, 2.75) is 25.7 Å². The molecule has 0 spiro atoms. The van der Waals surface area contributed by atoms with E-state index in [2.05, 4.69) is 10.2 Å². The number of carbonyl (C=O) groups excluding carboxylic acids is 1. The normalized spacial score (nSPS) is 18.0. The molecule has 1 aromatic heterocycles. The second-order valence-corrected chi connectivity index (χ2v) is 5.95. The highest BCUT2D eigenvalue weighted by atomic mass is 16.4. The molecule has 2 aromatic rings. The molecule has 1 atom stereocenters. The minimum atomic E-state index is -0.990. The molecule has 1 fully saturated rings. The van der Waals surface area contributed by atoms with Gasteiger partial charge >= 0.3 is 5.97 Å². The Morgan fingerprint density at radius 1 is 1.26 bits per heavy atom. The summed E-state index contributed by atoms with van der Waals surface area (Å²) in [6.45, 7) is 3.33. The van der Waals surface area contributed by atoms with E-state index >= 15 is 0 Å². The fourth-order valence-corrected chi connectivity index (χ4v) is 2.99. The lowest BCUT2D eigenvalue weighted by Crippen LogP contribution is -2.39. The smallest absolute Gasteiger partial charge is 0.335 e. The Hall–Kier alpha value is -2.63. The summed E-state index contributed by atoms with van der Waals surface area (Å²) in [6.07, 6.45) is 1.96. The summed E-state index contributed by atoms with van der Waals surface area (Å²) in [5.41, 5.74) is 2.73. The number of nitrogens with one attached hydrogen (secondary N) is 1. The van der Waals surface area contributed by atoms with E-state index in [4.69, 9.17) is 5.11 Å². The third-order valence-corrected chi connectivity index (χ3v) is 4.23. The Balaban J connectivity index is 1.72. The maximum atomic E-state index is 12.6. The van der Waals surface area contributed by atoms with E-state index in [-0.39, 0.29) is 17.4 Å². The van der Waals surface area contributed by atoms with Gasteiger partial charge in [-0.2, -0.15) is 5.10 Å². The second kappa shape index (κ2) is 6.24. The monoisotopic (exact) mass is 313 g/mol. The zero-order valence-electron chi connectivity index (χ0n) is 13.0. The molecule has 1 unspecified atom stereocenters. The van der Waals surface area contributed by atoms with Gasteiger partial charge in [-0.05, 0) is 50.1 Å². The fraction of sp³-hybridized carbons (Fsp3) is 0.353. The van der Waals surface area contributed by atoms with Crippen molar-refractivity contribution in [3.05, 3.63) is 52.8 Å². The molecule has 2 heterocycles. The molecule has 6 heteroatoms. The molecule has 0 bridgehead atoms. The highest BCUT2D eigenvalue weighted by molar-refractivity contribution is 5.96. The standard InChI is InChI=1S/C17H19N3O3/c1-11-9-15(19-18-11)14-3-2-8-20(10-14)16(21)12-4-6-13(7-5-12)17(22)23/h4-7,9,14H,2-3,8,10H2,1H3,(H,18,19)(H,22,23). The topological polar surface area (TPSA) is 86.3 Å². The van der Waals surface area contributed by atoms with Crippen molar-refractivity contribution < 1.29 is 14.7 Å². The molecule has 1 aliphatic heterocycles. The van der Waals surface area contributed by atoms with Gasteiger partial charge in [-0.15, -0.1) is 0 Å². The Labute approximate surface area is 134 Å². The second-order valence-electron chi connectivity index (χ2n) is 5.95. The van der Waals surface area contributed by atoms with Gasteiger partial charge in [-0.25, -0.2) is 4.79 Å². The third kappa shape index (κ3) is 3.26. The number of aryl methyl sites for hydroxylation is 1. The van der Waals surface area contributed by atoms with Gasteiger partial charge in [0.25, 0.3) is 5.91 Å². The maximum Gasteiger partial charge on any atom is 0.335 e. The van der Waals surface area contributed by atoms with Crippen LogP contribution in [0.5, 0.6) is 0 Å². The molecule has 1 saturated heterocycles. The first-order valence-corrected chi connectivity index (χ1v) is 7.69. The lowest BCUT2D eigenvalue weighted by atomic mass is 9.94. The van der Waals surface area contributed by atoms with Crippen LogP contribution < -0.4 is 0 Å². The van der Waals surface area contributed by atoms with Gasteiger partial charge < -0.3 is 10.0 Å². The number of carbonyl (C=O) groups is 2. The number of aromatic amines is 1. The highest BCUT2D eigenvalue weighted by Crippen LogP contribution is 2.26. The third-order valence-electron chi connectivity index (χ3n) is 4.23. The van der Waals surface area contributed by atoms with Crippen molar-refractivity contribution in [2.24, 2.45) is 0 Å². The molecule has 3 rings (SSSR count). The number of carboxylic acids is 1. The van der Waals surface area contributed by atoms with E-state index in [9.17, 15) is 9.59 Å². The number of amides is 1. The number of aromatic nitrogens is 2. The first-order chi connectivity index (χ1) is 11.0. The number of carboxylic acid groups (broad SMARTS) is 1. The van der Waals surface area contributed by atoms with Crippen LogP contribution in [0.15, 0.2) is 30.3 Å². The minimum absolute atomic E-state index is 0.0566. The van der Waals surface area contributed by atoms with Gasteiger partial charge in [0.05, 0.1) is 11.3 Å². The van der Waals surface area contributed by atoms with Gasteiger partial charge in [-0.3, -0.25) is 9.89 Å². The van der Waals surface area contributed by atoms with Crippen molar-refractivity contribution in [3.63, 3.8) is 0 Å². The number of piperidine rings is 1. The first-order valence-electron chi connectivity index (χ1n) is 7.69. The van der Waals surface area contributed by atoms with Crippen LogP contribution in [0.4, 0.5) is 0 Å². The van der Waals surface area contributed by atoms with Gasteiger partial charge in [0.15, 0.2) is 0 Å². The summed E-state index contributed by atoms with van der Waals surface area (Å²) in [4.78, 5) is 25.3. The lowest BCUT2D eigenvalue weighted by molar-refractivity contribution is 0.0687. The van der Waals surface area contributed by atoms with Crippen molar-refractivity contribution in [1.82, 2.24) is 15.1 Å². The van der Waals surface area contributed by atoms with Gasteiger partial charge in [0, 0.05) is 30.3 Å². The summed E-state index contributed by atoms with van der Waals surface area (Å²) in [6, 6.07) is 8.12. The van der Waals surface area contributed by atoms with Crippen LogP contribution in [0, 0.1) is 6.92 Å². The van der Waals surface area contributed by atoms with Crippen molar-refractivity contribution in [1.29, 1.82) is 0 Å². The van der Waals surface area contributed by atoms with E-state index in [1.807, 2.05) is 17.9 Å². The van der Waals surface area contributed by atoms with E-state index in [0.29, 0.717) is 12.1 Å². The van der Waals surface area contributed by atoms with Crippen molar-refractivity contribution >= 4 is 11.9 Å². The Bertz CT molecular complexity index is 721. The average Bonchev–Trinajstić information content (AvgIpc) is 3.01. The summed E-state index contributed by atoms with van der Waals surface area (Å²) < 4.78 is 0. The van der Waals surface area contributed by atoms with Crippen LogP contribution in [-0.2, 0) is 0 Å². The molecule has 0 saturated carbocycles. The zero-order chi connectivity index (χ0) is 16.4. The van der Waals surface area contributed by atoms with Crippen molar-refractivity contribution in [3.8, 4) is 0 Å². The Morgan fingerprint density at radius 3 is 2.57 bits per heavy atom. The zero-order valence-corrected chi connectivity index (χ0v) is 13.0. The Kier molecular flexibility index (Phi) is 4.14. The van der Waals surface area contributed by atoms with E-state index in [1.165, 1.54) is 12.1 Å². The lowest BCUT2D eigenvalue weighted by Gasteiger charge is -2.32. The molecular formula is C17H19N3O3. The van der Waals surface area contributed by atoms with Crippen LogP contribution in [-0.4, -0.2) is 45.2 Å². The van der Waals surface area contributed by atoms with Gasteiger partial charge in [-0.1, -0.05) is 0 Å². The predicted molar refractivity (Wildman–Crippen MR) is 84.6 cm³/mol. The molecule has 1 aliphatic rings. The summed E-state index contributed by atoms with van der Waals surface area (Å²) in [7, 11) is 0. The van der Waals surface area contributed by atoms with E-state index in [1.54, 1.807) is 12.1 Å².